The van der Waals surface area contributed by atoms with Crippen molar-refractivity contribution in [1.29, 1.82) is 0 Å². The first-order valence-electron chi connectivity index (χ1n) is 10.4. The van der Waals surface area contributed by atoms with Crippen LogP contribution in [0.2, 0.25) is 0 Å². The van der Waals surface area contributed by atoms with E-state index in [0.29, 0.717) is 31.8 Å². The van der Waals surface area contributed by atoms with Crippen LogP contribution in [-0.4, -0.2) is 89.5 Å². The van der Waals surface area contributed by atoms with Gasteiger partial charge in [0.25, 0.3) is 5.91 Å². The third kappa shape index (κ3) is 4.49. The quantitative estimate of drug-likeness (QED) is 0.463. The van der Waals surface area contributed by atoms with Gasteiger partial charge in [-0.15, -0.1) is 0 Å². The van der Waals surface area contributed by atoms with E-state index in [2.05, 4.69) is 18.1 Å². The number of hydrogen-bond acceptors (Lipinski definition) is 6. The van der Waals surface area contributed by atoms with E-state index in [0.717, 1.165) is 29.3 Å². The zero-order valence-corrected chi connectivity index (χ0v) is 18.8. The lowest BCUT2D eigenvalue weighted by Crippen LogP contribution is -2.58. The highest BCUT2D eigenvalue weighted by Crippen LogP contribution is 2.38. The van der Waals surface area contributed by atoms with Crippen LogP contribution in [0.1, 0.15) is 25.3 Å². The van der Waals surface area contributed by atoms with Crippen LogP contribution < -0.4 is 0 Å². The van der Waals surface area contributed by atoms with Crippen LogP contribution in [-0.2, 0) is 20.7 Å². The highest BCUT2D eigenvalue weighted by Gasteiger charge is 2.58. The van der Waals surface area contributed by atoms with Gasteiger partial charge in [-0.1, -0.05) is 30.3 Å². The molecular formula is C22H31N3O4S. The number of methoxy groups -OCH3 is 1. The molecule has 2 fully saturated rings. The van der Waals surface area contributed by atoms with Gasteiger partial charge in [0.15, 0.2) is 0 Å². The largest absolute Gasteiger partial charge is 0.468 e. The standard InChI is InChI=1S/C22H31N3O4S/c1-17(16-30-3)23-13-10-22(11-14-23)20(27)24(15-19(26)29-2)21(28)25(22)12-9-18-7-5-4-6-8-18/h4-8,17H,9-16H2,1-3H3. The molecule has 7 nitrogen and oxygen atoms in total. The molecule has 0 aliphatic carbocycles. The van der Waals surface area contributed by atoms with E-state index in [1.165, 1.54) is 7.11 Å². The molecule has 2 aliphatic heterocycles. The minimum Gasteiger partial charge on any atom is -0.468 e. The third-order valence-corrected chi connectivity index (χ3v) is 7.08. The van der Waals surface area contributed by atoms with Crippen molar-refractivity contribution in [2.45, 2.75) is 37.8 Å². The maximum atomic E-state index is 13.4. The average molecular weight is 434 g/mol. The van der Waals surface area contributed by atoms with Gasteiger partial charge in [-0.2, -0.15) is 11.8 Å². The zero-order valence-electron chi connectivity index (χ0n) is 18.0. The third-order valence-electron chi connectivity index (χ3n) is 6.26. The summed E-state index contributed by atoms with van der Waals surface area (Å²) in [4.78, 5) is 43.6. The lowest BCUT2D eigenvalue weighted by atomic mass is 9.85. The highest BCUT2D eigenvalue weighted by molar-refractivity contribution is 7.98. The summed E-state index contributed by atoms with van der Waals surface area (Å²) in [5.74, 6) is 0.192. The molecule has 1 spiro atoms. The van der Waals surface area contributed by atoms with E-state index in [4.69, 9.17) is 4.74 Å². The highest BCUT2D eigenvalue weighted by atomic mass is 32.2. The Morgan fingerprint density at radius 3 is 2.47 bits per heavy atom. The predicted molar refractivity (Wildman–Crippen MR) is 117 cm³/mol. The summed E-state index contributed by atoms with van der Waals surface area (Å²) in [5.41, 5.74) is 0.250. The molecule has 0 radical (unpaired) electrons. The Balaban J connectivity index is 1.80. The van der Waals surface area contributed by atoms with Crippen molar-refractivity contribution in [3.05, 3.63) is 35.9 Å². The second-order valence-corrected chi connectivity index (χ2v) is 8.92. The molecule has 1 atom stereocenters. The van der Waals surface area contributed by atoms with Crippen molar-refractivity contribution in [3.63, 3.8) is 0 Å². The lowest BCUT2D eigenvalue weighted by Gasteiger charge is -2.44. The molecule has 1 unspecified atom stereocenters. The first kappa shape index (κ1) is 22.6. The second-order valence-electron chi connectivity index (χ2n) is 8.01. The van der Waals surface area contributed by atoms with Crippen molar-refractivity contribution in [2.75, 3.05) is 45.3 Å². The fourth-order valence-corrected chi connectivity index (χ4v) is 5.17. The van der Waals surface area contributed by atoms with Gasteiger partial charge in [0.2, 0.25) is 0 Å². The maximum absolute atomic E-state index is 13.4. The van der Waals surface area contributed by atoms with Gasteiger partial charge in [-0.05, 0) is 38.0 Å². The maximum Gasteiger partial charge on any atom is 0.328 e. The van der Waals surface area contributed by atoms with Gasteiger partial charge < -0.3 is 9.64 Å². The first-order chi connectivity index (χ1) is 14.4. The van der Waals surface area contributed by atoms with Crippen molar-refractivity contribution in [3.8, 4) is 0 Å². The van der Waals surface area contributed by atoms with Gasteiger partial charge in [-0.25, -0.2) is 4.79 Å². The van der Waals surface area contributed by atoms with Crippen LogP contribution in [0.15, 0.2) is 30.3 Å². The molecule has 3 rings (SSSR count). The van der Waals surface area contributed by atoms with Crippen molar-refractivity contribution < 1.29 is 19.1 Å². The fraction of sp³-hybridized carbons (Fsp3) is 0.591. The van der Waals surface area contributed by atoms with Gasteiger partial charge in [0.1, 0.15) is 12.1 Å². The van der Waals surface area contributed by atoms with Gasteiger partial charge in [-0.3, -0.25) is 19.4 Å². The molecule has 1 aromatic rings. The van der Waals surface area contributed by atoms with Crippen molar-refractivity contribution in [1.82, 2.24) is 14.7 Å². The molecule has 0 bridgehead atoms. The normalized spacial score (nSPS) is 20.1. The summed E-state index contributed by atoms with van der Waals surface area (Å²) >= 11 is 1.81. The van der Waals surface area contributed by atoms with Crippen molar-refractivity contribution >= 4 is 29.7 Å². The number of carbonyl (C=O) groups excluding carboxylic acids is 3. The summed E-state index contributed by atoms with van der Waals surface area (Å²) in [7, 11) is 1.27. The van der Waals surface area contributed by atoms with Gasteiger partial charge >= 0.3 is 12.0 Å². The number of benzene rings is 1. The van der Waals surface area contributed by atoms with Crippen LogP contribution in [0.4, 0.5) is 4.79 Å². The Labute approximate surface area is 182 Å². The molecule has 2 saturated heterocycles. The summed E-state index contributed by atoms with van der Waals surface area (Å²) in [6.07, 6.45) is 3.93. The lowest BCUT2D eigenvalue weighted by molar-refractivity contribution is -0.146. The number of imide groups is 1. The topological polar surface area (TPSA) is 70.2 Å². The molecule has 0 aromatic heterocycles. The van der Waals surface area contributed by atoms with E-state index in [9.17, 15) is 14.4 Å². The smallest absolute Gasteiger partial charge is 0.328 e. The predicted octanol–water partition coefficient (Wildman–Crippen LogP) is 2.25. The summed E-state index contributed by atoms with van der Waals surface area (Å²) in [5, 5.41) is 0. The Kier molecular flexibility index (Phi) is 7.41. The van der Waals surface area contributed by atoms with Gasteiger partial charge in [0, 0.05) is 31.4 Å². The van der Waals surface area contributed by atoms with E-state index in [1.54, 1.807) is 4.90 Å². The molecule has 30 heavy (non-hydrogen) atoms. The monoisotopic (exact) mass is 433 g/mol. The van der Waals surface area contributed by atoms with Crippen LogP contribution in [0.5, 0.6) is 0 Å². The number of ether oxygens (including phenoxy) is 1. The first-order valence-corrected chi connectivity index (χ1v) is 11.8. The number of piperidine rings is 1. The number of amides is 3. The summed E-state index contributed by atoms with van der Waals surface area (Å²) < 4.78 is 4.71. The Bertz CT molecular complexity index is 765. The second kappa shape index (κ2) is 9.83. The number of esters is 1. The molecule has 8 heteroatoms. The van der Waals surface area contributed by atoms with Crippen LogP contribution in [0.3, 0.4) is 0 Å². The minimum absolute atomic E-state index is 0.261. The number of likely N-dealkylation sites (tertiary alicyclic amines) is 1. The number of hydrogen-bond donors (Lipinski definition) is 0. The van der Waals surface area contributed by atoms with Gasteiger partial charge in [0.05, 0.1) is 7.11 Å². The van der Waals surface area contributed by atoms with E-state index < -0.39 is 11.5 Å². The van der Waals surface area contributed by atoms with Crippen LogP contribution in [0, 0.1) is 0 Å². The van der Waals surface area contributed by atoms with Crippen LogP contribution >= 0.6 is 11.8 Å². The Morgan fingerprint density at radius 1 is 1.20 bits per heavy atom. The van der Waals surface area contributed by atoms with Crippen molar-refractivity contribution in [2.24, 2.45) is 0 Å². The number of nitrogens with zero attached hydrogens (tertiary/aromatic N) is 3. The number of urea groups is 1. The fourth-order valence-electron chi connectivity index (χ4n) is 4.48. The molecule has 0 N–H and O–H groups in total. The molecule has 1 aromatic carbocycles. The minimum atomic E-state index is -0.866. The van der Waals surface area contributed by atoms with E-state index >= 15 is 0 Å². The molecule has 164 valence electrons. The zero-order chi connectivity index (χ0) is 21.7. The van der Waals surface area contributed by atoms with E-state index in [-0.39, 0.29) is 18.5 Å². The molecule has 3 amide bonds. The summed E-state index contributed by atoms with van der Waals surface area (Å²) in [6, 6.07) is 9.98. The molecule has 2 aliphatic rings. The number of thioether (sulfide) groups is 1. The van der Waals surface area contributed by atoms with E-state index in [1.807, 2.05) is 42.1 Å². The Hall–Kier alpha value is -2.06. The van der Waals surface area contributed by atoms with Crippen LogP contribution in [0.25, 0.3) is 0 Å². The Morgan fingerprint density at radius 2 is 1.87 bits per heavy atom. The molecular weight excluding hydrogens is 402 g/mol. The molecule has 0 saturated carbocycles. The average Bonchev–Trinajstić information content (AvgIpc) is 2.94. The number of carbonyl (C=O) groups is 3. The molecule has 2 heterocycles. The summed E-state index contributed by atoms with van der Waals surface area (Å²) in [6.45, 7) is 3.84. The number of rotatable bonds is 8. The SMILES string of the molecule is COC(=O)CN1C(=O)N(CCc2ccccc2)C2(CCN(C(C)CSC)CC2)C1=O.